The smallest absolute Gasteiger partial charge is 0.243 e. The van der Waals surface area contributed by atoms with E-state index in [-0.39, 0.29) is 17.3 Å². The van der Waals surface area contributed by atoms with Gasteiger partial charge in [0.05, 0.1) is 24.7 Å². The minimum atomic E-state index is -3.63. The summed E-state index contributed by atoms with van der Waals surface area (Å²) < 4.78 is 32.9. The molecule has 31 heavy (non-hydrogen) atoms. The number of hydrogen-bond acceptors (Lipinski definition) is 5. The van der Waals surface area contributed by atoms with Gasteiger partial charge in [-0.1, -0.05) is 23.8 Å². The number of fused-ring (bicyclic) bond motifs is 1. The van der Waals surface area contributed by atoms with E-state index >= 15 is 0 Å². The summed E-state index contributed by atoms with van der Waals surface area (Å²) in [4.78, 5) is 15.1. The van der Waals surface area contributed by atoms with E-state index in [0.29, 0.717) is 37.6 Å². The molecule has 2 heterocycles. The Hall–Kier alpha value is -2.42. The number of morpholine rings is 1. The first kappa shape index (κ1) is 21.8. The Morgan fingerprint density at radius 2 is 1.84 bits per heavy atom. The number of carbonyl (C=O) groups is 1. The molecule has 1 saturated heterocycles. The third kappa shape index (κ3) is 4.76. The highest BCUT2D eigenvalue weighted by Crippen LogP contribution is 2.28. The van der Waals surface area contributed by atoms with Gasteiger partial charge in [0.2, 0.25) is 15.9 Å². The van der Waals surface area contributed by atoms with Crippen LogP contribution in [0, 0.1) is 13.8 Å². The fraction of sp³-hybridized carbons (Fsp3) is 0.435. The molecule has 0 saturated carbocycles. The van der Waals surface area contributed by atoms with Gasteiger partial charge in [0.15, 0.2) is 0 Å². The summed E-state index contributed by atoms with van der Waals surface area (Å²) >= 11 is 0. The van der Waals surface area contributed by atoms with E-state index in [1.54, 1.807) is 25.1 Å². The Bertz CT molecular complexity index is 1080. The van der Waals surface area contributed by atoms with Crippen LogP contribution in [0.5, 0.6) is 0 Å². The molecule has 2 aromatic carbocycles. The van der Waals surface area contributed by atoms with Gasteiger partial charge in [-0.3, -0.25) is 4.79 Å². The molecule has 1 fully saturated rings. The summed E-state index contributed by atoms with van der Waals surface area (Å²) in [6.07, 6.45) is 2.03. The Morgan fingerprint density at radius 1 is 1.06 bits per heavy atom. The average molecular weight is 444 g/mol. The molecule has 7 nitrogen and oxygen atoms in total. The summed E-state index contributed by atoms with van der Waals surface area (Å²) in [5.74, 6) is -0.160. The predicted molar refractivity (Wildman–Crippen MR) is 121 cm³/mol. The number of nitrogens with zero attached hydrogens (tertiary/aromatic N) is 2. The lowest BCUT2D eigenvalue weighted by molar-refractivity contribution is -0.115. The number of aryl methyl sites for hydroxylation is 3. The van der Waals surface area contributed by atoms with Crippen molar-refractivity contribution < 1.29 is 17.9 Å². The van der Waals surface area contributed by atoms with Crippen molar-refractivity contribution in [2.45, 2.75) is 31.6 Å². The van der Waals surface area contributed by atoms with Gasteiger partial charge in [0.25, 0.3) is 0 Å². The number of sulfonamides is 1. The molecule has 2 aromatic rings. The molecule has 2 aliphatic heterocycles. The Kier molecular flexibility index (Phi) is 6.31. The molecule has 166 valence electrons. The van der Waals surface area contributed by atoms with Crippen LogP contribution >= 0.6 is 0 Å². The quantitative estimate of drug-likeness (QED) is 0.769. The highest BCUT2D eigenvalue weighted by atomic mass is 32.2. The summed E-state index contributed by atoms with van der Waals surface area (Å²) in [6, 6.07) is 11.4. The SMILES string of the molecule is Cc1ccc2c(c1)CCCN2CC(=O)Nc1ccc(C)c(S(=O)(=O)N2CCOCC2)c1. The molecule has 0 atom stereocenters. The lowest BCUT2D eigenvalue weighted by atomic mass is 9.99. The Balaban J connectivity index is 1.49. The van der Waals surface area contributed by atoms with E-state index in [0.717, 1.165) is 25.1 Å². The van der Waals surface area contributed by atoms with E-state index < -0.39 is 10.0 Å². The topological polar surface area (TPSA) is 79.0 Å². The summed E-state index contributed by atoms with van der Waals surface area (Å²) in [7, 11) is -3.63. The zero-order valence-electron chi connectivity index (χ0n) is 18.1. The fourth-order valence-electron chi connectivity index (χ4n) is 4.22. The van der Waals surface area contributed by atoms with E-state index in [1.165, 1.54) is 15.4 Å². The van der Waals surface area contributed by atoms with Gasteiger partial charge < -0.3 is 15.0 Å². The third-order valence-electron chi connectivity index (χ3n) is 5.84. The second-order valence-corrected chi connectivity index (χ2v) is 10.1. The molecule has 2 aliphatic rings. The number of ether oxygens (including phenoxy) is 1. The highest BCUT2D eigenvalue weighted by molar-refractivity contribution is 7.89. The van der Waals surface area contributed by atoms with Gasteiger partial charge in [-0.05, 0) is 56.0 Å². The van der Waals surface area contributed by atoms with Crippen molar-refractivity contribution in [2.24, 2.45) is 0 Å². The molecule has 0 aromatic heterocycles. The lowest BCUT2D eigenvalue weighted by Crippen LogP contribution is -2.40. The maximum Gasteiger partial charge on any atom is 0.243 e. The molecule has 1 amide bonds. The van der Waals surface area contributed by atoms with Gasteiger partial charge in [0.1, 0.15) is 0 Å². The number of rotatable bonds is 5. The monoisotopic (exact) mass is 443 g/mol. The number of amides is 1. The third-order valence-corrected chi connectivity index (χ3v) is 7.88. The van der Waals surface area contributed by atoms with Gasteiger partial charge in [0, 0.05) is 31.0 Å². The number of benzene rings is 2. The van der Waals surface area contributed by atoms with E-state index in [4.69, 9.17) is 4.74 Å². The van der Waals surface area contributed by atoms with E-state index in [9.17, 15) is 13.2 Å². The van der Waals surface area contributed by atoms with Crippen molar-refractivity contribution in [3.05, 3.63) is 53.1 Å². The van der Waals surface area contributed by atoms with Crippen LogP contribution in [-0.4, -0.2) is 58.0 Å². The van der Waals surface area contributed by atoms with Crippen LogP contribution < -0.4 is 10.2 Å². The molecule has 1 N–H and O–H groups in total. The van der Waals surface area contributed by atoms with Crippen LogP contribution in [0.4, 0.5) is 11.4 Å². The van der Waals surface area contributed by atoms with Crippen molar-refractivity contribution >= 4 is 27.3 Å². The average Bonchev–Trinajstić information content (AvgIpc) is 2.75. The molecular formula is C23H29N3O4S. The number of nitrogens with one attached hydrogen (secondary N) is 1. The van der Waals surface area contributed by atoms with Crippen molar-refractivity contribution in [1.82, 2.24) is 4.31 Å². The minimum absolute atomic E-state index is 0.160. The summed E-state index contributed by atoms with van der Waals surface area (Å²) in [5, 5.41) is 2.89. The van der Waals surface area contributed by atoms with Gasteiger partial charge >= 0.3 is 0 Å². The summed E-state index contributed by atoms with van der Waals surface area (Å²) in [5.41, 5.74) is 4.74. The minimum Gasteiger partial charge on any atom is -0.379 e. The predicted octanol–water partition coefficient (Wildman–Crippen LogP) is 2.72. The lowest BCUT2D eigenvalue weighted by Gasteiger charge is -2.31. The standard InChI is InChI=1S/C23H29N3O4S/c1-17-5-8-21-19(14-17)4-3-9-25(21)16-23(27)24-20-7-6-18(2)22(15-20)31(28,29)26-10-12-30-13-11-26/h5-8,14-15H,3-4,9-13,16H2,1-2H3,(H,24,27). The Labute approximate surface area is 184 Å². The molecular weight excluding hydrogens is 414 g/mol. The second-order valence-electron chi connectivity index (χ2n) is 8.20. The first-order valence-corrected chi connectivity index (χ1v) is 12.1. The summed E-state index contributed by atoms with van der Waals surface area (Å²) in [6.45, 7) is 6.37. The van der Waals surface area contributed by atoms with Gasteiger partial charge in [-0.25, -0.2) is 8.42 Å². The van der Waals surface area contributed by atoms with Crippen LogP contribution in [0.25, 0.3) is 0 Å². The number of hydrogen-bond donors (Lipinski definition) is 1. The molecule has 0 spiro atoms. The zero-order chi connectivity index (χ0) is 22.0. The van der Waals surface area contributed by atoms with Crippen LogP contribution in [0.15, 0.2) is 41.3 Å². The molecule has 0 bridgehead atoms. The van der Waals surface area contributed by atoms with E-state index in [2.05, 4.69) is 35.3 Å². The van der Waals surface area contributed by atoms with Crippen molar-refractivity contribution in [3.63, 3.8) is 0 Å². The maximum atomic E-state index is 13.1. The first-order chi connectivity index (χ1) is 14.8. The maximum absolute atomic E-state index is 13.1. The van der Waals surface area contributed by atoms with Crippen molar-refractivity contribution in [1.29, 1.82) is 0 Å². The van der Waals surface area contributed by atoms with Crippen molar-refractivity contribution in [2.75, 3.05) is 49.6 Å². The highest BCUT2D eigenvalue weighted by Gasteiger charge is 2.28. The molecule has 4 rings (SSSR count). The Morgan fingerprint density at radius 3 is 2.61 bits per heavy atom. The van der Waals surface area contributed by atoms with Crippen LogP contribution in [0.3, 0.4) is 0 Å². The second kappa shape index (κ2) is 8.98. The van der Waals surface area contributed by atoms with E-state index in [1.807, 2.05) is 0 Å². The zero-order valence-corrected chi connectivity index (χ0v) is 18.9. The van der Waals surface area contributed by atoms with Crippen LogP contribution in [0.1, 0.15) is 23.1 Å². The largest absolute Gasteiger partial charge is 0.379 e. The molecule has 0 unspecified atom stereocenters. The molecule has 8 heteroatoms. The molecule has 0 radical (unpaired) electrons. The first-order valence-electron chi connectivity index (χ1n) is 10.7. The number of anilines is 2. The van der Waals surface area contributed by atoms with Gasteiger partial charge in [-0.2, -0.15) is 4.31 Å². The normalized spacial score (nSPS) is 17.3. The van der Waals surface area contributed by atoms with Gasteiger partial charge in [-0.15, -0.1) is 0 Å². The van der Waals surface area contributed by atoms with Crippen molar-refractivity contribution in [3.8, 4) is 0 Å². The fourth-order valence-corrected chi connectivity index (χ4v) is 5.88. The number of carbonyl (C=O) groups excluding carboxylic acids is 1. The molecule has 0 aliphatic carbocycles. The van der Waals surface area contributed by atoms with Crippen LogP contribution in [-0.2, 0) is 26.0 Å². The van der Waals surface area contributed by atoms with Crippen LogP contribution in [0.2, 0.25) is 0 Å².